The SMILES string of the molecule is CC(C)c1cccc2c(-c3ccccc3)nnc(C(C)C)c12. The standard InChI is InChI=1S/C20H22N2/c1-13(2)16-11-8-12-17-18(16)19(14(3)4)21-22-20(17)15-9-6-5-7-10-15/h5-14H,1-4H3. The van der Waals surface area contributed by atoms with Crippen LogP contribution in [0.5, 0.6) is 0 Å². The Morgan fingerprint density at radius 1 is 0.727 bits per heavy atom. The van der Waals surface area contributed by atoms with E-state index in [2.05, 4.69) is 68.2 Å². The third-order valence-corrected chi connectivity index (χ3v) is 4.08. The average molecular weight is 290 g/mol. The Morgan fingerprint density at radius 3 is 2.09 bits per heavy atom. The normalized spacial score (nSPS) is 11.5. The largest absolute Gasteiger partial charge is 0.154 e. The molecular formula is C20H22N2. The predicted molar refractivity (Wildman–Crippen MR) is 93.2 cm³/mol. The van der Waals surface area contributed by atoms with E-state index >= 15 is 0 Å². The fourth-order valence-corrected chi connectivity index (χ4v) is 2.96. The molecule has 3 rings (SSSR count). The van der Waals surface area contributed by atoms with Gasteiger partial charge >= 0.3 is 0 Å². The first kappa shape index (κ1) is 14.7. The molecule has 1 aromatic heterocycles. The van der Waals surface area contributed by atoms with Gasteiger partial charge in [-0.05, 0) is 17.4 Å². The van der Waals surface area contributed by atoms with Gasteiger partial charge in [0.2, 0.25) is 0 Å². The van der Waals surface area contributed by atoms with Gasteiger partial charge in [0.25, 0.3) is 0 Å². The summed E-state index contributed by atoms with van der Waals surface area (Å²) in [5.41, 5.74) is 4.55. The Bertz CT molecular complexity index is 775. The zero-order valence-electron chi connectivity index (χ0n) is 13.7. The maximum atomic E-state index is 4.58. The maximum absolute atomic E-state index is 4.58. The van der Waals surface area contributed by atoms with Gasteiger partial charge in [0.15, 0.2) is 0 Å². The molecule has 2 heteroatoms. The van der Waals surface area contributed by atoms with Gasteiger partial charge < -0.3 is 0 Å². The van der Waals surface area contributed by atoms with Crippen molar-refractivity contribution in [1.82, 2.24) is 10.2 Å². The Hall–Kier alpha value is -2.22. The van der Waals surface area contributed by atoms with Crippen molar-refractivity contribution in [3.8, 4) is 11.3 Å². The van der Waals surface area contributed by atoms with Gasteiger partial charge in [0, 0.05) is 16.3 Å². The molecule has 0 amide bonds. The summed E-state index contributed by atoms with van der Waals surface area (Å²) in [6.07, 6.45) is 0. The monoisotopic (exact) mass is 290 g/mol. The Morgan fingerprint density at radius 2 is 1.45 bits per heavy atom. The first-order valence-electron chi connectivity index (χ1n) is 7.94. The molecule has 0 N–H and O–H groups in total. The van der Waals surface area contributed by atoms with Gasteiger partial charge in [0.05, 0.1) is 5.69 Å². The second kappa shape index (κ2) is 5.88. The summed E-state index contributed by atoms with van der Waals surface area (Å²) in [5.74, 6) is 0.828. The van der Waals surface area contributed by atoms with Crippen LogP contribution in [0, 0.1) is 0 Å². The summed E-state index contributed by atoms with van der Waals surface area (Å²) < 4.78 is 0. The van der Waals surface area contributed by atoms with Crippen LogP contribution in [0.25, 0.3) is 22.0 Å². The Labute approximate surface area is 132 Å². The van der Waals surface area contributed by atoms with Crippen molar-refractivity contribution < 1.29 is 0 Å². The lowest BCUT2D eigenvalue weighted by molar-refractivity contribution is 0.793. The van der Waals surface area contributed by atoms with Gasteiger partial charge in [-0.25, -0.2) is 0 Å². The highest BCUT2D eigenvalue weighted by molar-refractivity contribution is 5.98. The number of hydrogen-bond acceptors (Lipinski definition) is 2. The second-order valence-electron chi connectivity index (χ2n) is 6.38. The molecule has 3 aromatic rings. The molecule has 22 heavy (non-hydrogen) atoms. The summed E-state index contributed by atoms with van der Waals surface area (Å²) in [4.78, 5) is 0. The van der Waals surface area contributed by atoms with E-state index < -0.39 is 0 Å². The first-order chi connectivity index (χ1) is 10.6. The lowest BCUT2D eigenvalue weighted by atomic mass is 9.91. The average Bonchev–Trinajstić information content (AvgIpc) is 2.53. The number of benzene rings is 2. The smallest absolute Gasteiger partial charge is 0.101 e. The van der Waals surface area contributed by atoms with E-state index in [9.17, 15) is 0 Å². The van der Waals surface area contributed by atoms with E-state index in [0.29, 0.717) is 11.8 Å². The highest BCUT2D eigenvalue weighted by atomic mass is 15.1. The van der Waals surface area contributed by atoms with Crippen LogP contribution in [0.1, 0.15) is 50.8 Å². The highest BCUT2D eigenvalue weighted by Crippen LogP contribution is 2.35. The molecule has 2 nitrogen and oxygen atoms in total. The fraction of sp³-hybridized carbons (Fsp3) is 0.300. The molecule has 0 aliphatic heterocycles. The molecule has 0 fully saturated rings. The van der Waals surface area contributed by atoms with Crippen molar-refractivity contribution in [1.29, 1.82) is 0 Å². The molecule has 112 valence electrons. The number of fused-ring (bicyclic) bond motifs is 1. The van der Waals surface area contributed by atoms with Crippen molar-refractivity contribution >= 4 is 10.8 Å². The summed E-state index contributed by atoms with van der Waals surface area (Å²) in [6.45, 7) is 8.84. The predicted octanol–water partition coefficient (Wildman–Crippen LogP) is 5.54. The van der Waals surface area contributed by atoms with Crippen LogP contribution in [-0.2, 0) is 0 Å². The van der Waals surface area contributed by atoms with Crippen molar-refractivity contribution in [3.63, 3.8) is 0 Å². The van der Waals surface area contributed by atoms with E-state index in [4.69, 9.17) is 0 Å². The van der Waals surface area contributed by atoms with Crippen molar-refractivity contribution in [2.24, 2.45) is 0 Å². The topological polar surface area (TPSA) is 25.8 Å². The van der Waals surface area contributed by atoms with Crippen molar-refractivity contribution in [2.45, 2.75) is 39.5 Å². The van der Waals surface area contributed by atoms with Crippen LogP contribution in [-0.4, -0.2) is 10.2 Å². The van der Waals surface area contributed by atoms with Crippen molar-refractivity contribution in [3.05, 3.63) is 59.8 Å². The Kier molecular flexibility index (Phi) is 3.93. The van der Waals surface area contributed by atoms with Gasteiger partial charge in [0.1, 0.15) is 5.69 Å². The maximum Gasteiger partial charge on any atom is 0.101 e. The van der Waals surface area contributed by atoms with Crippen LogP contribution in [0.4, 0.5) is 0 Å². The van der Waals surface area contributed by atoms with E-state index in [1.807, 2.05) is 18.2 Å². The lowest BCUT2D eigenvalue weighted by Crippen LogP contribution is -2.03. The van der Waals surface area contributed by atoms with Gasteiger partial charge in [-0.15, -0.1) is 5.10 Å². The summed E-state index contributed by atoms with van der Waals surface area (Å²) in [5, 5.41) is 11.6. The minimum atomic E-state index is 0.361. The number of aromatic nitrogens is 2. The molecule has 0 radical (unpaired) electrons. The van der Waals surface area contributed by atoms with Gasteiger partial charge in [-0.1, -0.05) is 76.2 Å². The molecule has 0 aliphatic carbocycles. The molecule has 0 atom stereocenters. The van der Waals surface area contributed by atoms with Crippen LogP contribution in [0.3, 0.4) is 0 Å². The molecule has 0 aliphatic rings. The molecule has 0 spiro atoms. The fourth-order valence-electron chi connectivity index (χ4n) is 2.96. The number of hydrogen-bond donors (Lipinski definition) is 0. The van der Waals surface area contributed by atoms with E-state index in [1.54, 1.807) is 0 Å². The molecule has 2 aromatic carbocycles. The molecule has 0 saturated heterocycles. The summed E-state index contributed by atoms with van der Waals surface area (Å²) >= 11 is 0. The van der Waals surface area contributed by atoms with Crippen LogP contribution in [0.15, 0.2) is 48.5 Å². The van der Waals surface area contributed by atoms with Gasteiger partial charge in [-0.2, -0.15) is 5.10 Å². The van der Waals surface area contributed by atoms with Crippen LogP contribution < -0.4 is 0 Å². The van der Waals surface area contributed by atoms with E-state index in [0.717, 1.165) is 17.0 Å². The third-order valence-electron chi connectivity index (χ3n) is 4.08. The van der Waals surface area contributed by atoms with E-state index in [1.165, 1.54) is 16.3 Å². The molecule has 0 bridgehead atoms. The minimum absolute atomic E-state index is 0.361. The summed E-state index contributed by atoms with van der Waals surface area (Å²) in [6, 6.07) is 16.8. The zero-order chi connectivity index (χ0) is 15.7. The van der Waals surface area contributed by atoms with E-state index in [-0.39, 0.29) is 0 Å². The second-order valence-corrected chi connectivity index (χ2v) is 6.38. The quantitative estimate of drug-likeness (QED) is 0.632. The lowest BCUT2D eigenvalue weighted by Gasteiger charge is -2.17. The first-order valence-corrected chi connectivity index (χ1v) is 7.94. The number of rotatable bonds is 3. The minimum Gasteiger partial charge on any atom is -0.154 e. The number of nitrogens with zero attached hydrogens (tertiary/aromatic N) is 2. The zero-order valence-corrected chi connectivity index (χ0v) is 13.7. The molecule has 0 unspecified atom stereocenters. The van der Waals surface area contributed by atoms with Crippen LogP contribution in [0.2, 0.25) is 0 Å². The molecular weight excluding hydrogens is 268 g/mol. The molecule has 0 saturated carbocycles. The molecule has 1 heterocycles. The van der Waals surface area contributed by atoms with Gasteiger partial charge in [-0.3, -0.25) is 0 Å². The Balaban J connectivity index is 2.39. The highest BCUT2D eigenvalue weighted by Gasteiger charge is 2.17. The third kappa shape index (κ3) is 2.50. The summed E-state index contributed by atoms with van der Waals surface area (Å²) in [7, 11) is 0. The van der Waals surface area contributed by atoms with Crippen LogP contribution >= 0.6 is 0 Å². The van der Waals surface area contributed by atoms with Crippen molar-refractivity contribution in [2.75, 3.05) is 0 Å².